The average Bonchev–Trinajstić information content (AvgIpc) is 3.43. The zero-order valence-electron chi connectivity index (χ0n) is 15.8. The van der Waals surface area contributed by atoms with Gasteiger partial charge in [-0.1, -0.05) is 54.2 Å². The summed E-state index contributed by atoms with van der Waals surface area (Å²) in [5.74, 6) is 1.61. The molecule has 3 heterocycles. The first-order valence-electron chi connectivity index (χ1n) is 9.53. The highest BCUT2D eigenvalue weighted by Gasteiger charge is 2.15. The summed E-state index contributed by atoms with van der Waals surface area (Å²) in [6.07, 6.45) is 0. The molecule has 0 N–H and O–H groups in total. The van der Waals surface area contributed by atoms with Crippen molar-refractivity contribution < 1.29 is 4.42 Å². The molecule has 0 atom stereocenters. The average molecular weight is 409 g/mol. The molecular formula is C23H15N5OS. The van der Waals surface area contributed by atoms with E-state index in [-0.39, 0.29) is 0 Å². The van der Waals surface area contributed by atoms with E-state index in [1.807, 2.05) is 66.7 Å². The van der Waals surface area contributed by atoms with Crippen LogP contribution in [-0.4, -0.2) is 24.6 Å². The van der Waals surface area contributed by atoms with Crippen LogP contribution in [0.2, 0.25) is 0 Å². The van der Waals surface area contributed by atoms with Crippen LogP contribution in [0, 0.1) is 0 Å². The lowest BCUT2D eigenvalue weighted by Crippen LogP contribution is -1.97. The van der Waals surface area contributed by atoms with E-state index in [1.165, 1.54) is 0 Å². The first-order chi connectivity index (χ1) is 14.9. The Morgan fingerprint density at radius 3 is 2.43 bits per heavy atom. The van der Waals surface area contributed by atoms with Crippen molar-refractivity contribution in [2.75, 3.05) is 0 Å². The molecule has 0 saturated carbocycles. The minimum Gasteiger partial charge on any atom is -0.420 e. The normalized spacial score (nSPS) is 11.6. The van der Waals surface area contributed by atoms with Crippen LogP contribution in [0.5, 0.6) is 0 Å². The summed E-state index contributed by atoms with van der Waals surface area (Å²) < 4.78 is 7.97. The van der Waals surface area contributed by atoms with Gasteiger partial charge in [0.1, 0.15) is 5.65 Å². The molecule has 0 bridgehead atoms. The Morgan fingerprint density at radius 1 is 0.767 bits per heavy atom. The Balaban J connectivity index is 1.42. The van der Waals surface area contributed by atoms with E-state index in [1.54, 1.807) is 11.8 Å². The molecule has 0 aliphatic heterocycles. The van der Waals surface area contributed by atoms with Crippen molar-refractivity contribution in [3.8, 4) is 11.5 Å². The number of fused-ring (bicyclic) bond motifs is 5. The summed E-state index contributed by atoms with van der Waals surface area (Å²) in [4.78, 5) is 9.76. The molecule has 0 fully saturated rings. The van der Waals surface area contributed by atoms with Crippen LogP contribution in [0.3, 0.4) is 0 Å². The van der Waals surface area contributed by atoms with Crippen molar-refractivity contribution >= 4 is 39.3 Å². The van der Waals surface area contributed by atoms with Crippen molar-refractivity contribution in [1.29, 1.82) is 0 Å². The maximum atomic E-state index is 5.86. The molecule has 3 aromatic carbocycles. The summed E-state index contributed by atoms with van der Waals surface area (Å²) in [7, 11) is 0. The number of imidazole rings is 1. The van der Waals surface area contributed by atoms with E-state index in [0.29, 0.717) is 17.5 Å². The molecule has 0 radical (unpaired) electrons. The highest BCUT2D eigenvalue weighted by molar-refractivity contribution is 7.98. The van der Waals surface area contributed by atoms with Crippen molar-refractivity contribution in [2.45, 2.75) is 10.9 Å². The smallest absolute Gasteiger partial charge is 0.247 e. The molecule has 144 valence electrons. The third-order valence-corrected chi connectivity index (χ3v) is 5.85. The molecule has 7 heteroatoms. The van der Waals surface area contributed by atoms with Gasteiger partial charge < -0.3 is 4.42 Å². The van der Waals surface area contributed by atoms with Crippen LogP contribution in [0.15, 0.2) is 88.4 Å². The van der Waals surface area contributed by atoms with Crippen LogP contribution >= 0.6 is 11.8 Å². The number of benzene rings is 3. The minimum atomic E-state index is 0.521. The highest BCUT2D eigenvalue weighted by atomic mass is 32.2. The fraction of sp³-hybridized carbons (Fsp3) is 0.0435. The summed E-state index contributed by atoms with van der Waals surface area (Å²) in [6, 6.07) is 26.0. The number of hydrogen-bond donors (Lipinski definition) is 0. The molecule has 0 aliphatic rings. The Labute approximate surface area is 175 Å². The molecule has 0 saturated heterocycles. The molecule has 6 aromatic rings. The standard InChI is InChI=1S/C23H15N5OS/c1-2-8-15(9-3-1)22-27-26-20(29-22)14-30-23-25-17-11-5-4-10-16(17)21-24-18-12-6-7-13-19(18)28(21)23/h1-13H,14H2. The van der Waals surface area contributed by atoms with Crippen LogP contribution < -0.4 is 0 Å². The largest absolute Gasteiger partial charge is 0.420 e. The summed E-state index contributed by atoms with van der Waals surface area (Å²) >= 11 is 1.56. The lowest BCUT2D eigenvalue weighted by molar-refractivity contribution is 0.528. The van der Waals surface area contributed by atoms with Gasteiger partial charge >= 0.3 is 0 Å². The SMILES string of the molecule is c1ccc(-c2nnc(CSc3nc4ccccc4c4nc5ccccc5n34)o2)cc1. The Hall–Kier alpha value is -3.71. The second kappa shape index (κ2) is 6.96. The number of para-hydroxylation sites is 3. The second-order valence-corrected chi connectivity index (χ2v) is 7.77. The number of aromatic nitrogens is 5. The molecule has 0 spiro atoms. The van der Waals surface area contributed by atoms with Crippen LogP contribution in [0.25, 0.3) is 39.0 Å². The van der Waals surface area contributed by atoms with Crippen molar-refractivity contribution in [3.63, 3.8) is 0 Å². The monoisotopic (exact) mass is 409 g/mol. The predicted octanol–water partition coefficient (Wildman–Crippen LogP) is 5.38. The maximum absolute atomic E-state index is 5.86. The molecule has 30 heavy (non-hydrogen) atoms. The van der Waals surface area contributed by atoms with E-state index in [9.17, 15) is 0 Å². The highest BCUT2D eigenvalue weighted by Crippen LogP contribution is 2.30. The molecule has 6 rings (SSSR count). The number of rotatable bonds is 4. The van der Waals surface area contributed by atoms with E-state index < -0.39 is 0 Å². The summed E-state index contributed by atoms with van der Waals surface area (Å²) in [6.45, 7) is 0. The van der Waals surface area contributed by atoms with Crippen LogP contribution in [0.4, 0.5) is 0 Å². The number of hydrogen-bond acceptors (Lipinski definition) is 6. The van der Waals surface area contributed by atoms with Gasteiger partial charge in [0.2, 0.25) is 11.8 Å². The van der Waals surface area contributed by atoms with Crippen molar-refractivity contribution in [2.24, 2.45) is 0 Å². The summed E-state index contributed by atoms with van der Waals surface area (Å²) in [5.41, 5.74) is 4.71. The zero-order valence-corrected chi connectivity index (χ0v) is 16.6. The van der Waals surface area contributed by atoms with E-state index in [4.69, 9.17) is 14.4 Å². The zero-order chi connectivity index (χ0) is 19.9. The predicted molar refractivity (Wildman–Crippen MR) is 117 cm³/mol. The van der Waals surface area contributed by atoms with E-state index >= 15 is 0 Å². The van der Waals surface area contributed by atoms with E-state index in [2.05, 4.69) is 26.7 Å². The first-order valence-corrected chi connectivity index (χ1v) is 10.5. The number of nitrogens with zero attached hydrogens (tertiary/aromatic N) is 5. The van der Waals surface area contributed by atoms with Crippen molar-refractivity contribution in [1.82, 2.24) is 24.6 Å². The first kappa shape index (κ1) is 17.2. The van der Waals surface area contributed by atoms with Gasteiger partial charge in [-0.3, -0.25) is 4.40 Å². The van der Waals surface area contributed by atoms with Gasteiger partial charge in [0, 0.05) is 10.9 Å². The van der Waals surface area contributed by atoms with Gasteiger partial charge in [0.15, 0.2) is 5.16 Å². The van der Waals surface area contributed by atoms with Gasteiger partial charge in [-0.25, -0.2) is 9.97 Å². The Morgan fingerprint density at radius 2 is 1.53 bits per heavy atom. The second-order valence-electron chi connectivity index (χ2n) is 6.83. The fourth-order valence-electron chi connectivity index (χ4n) is 3.55. The van der Waals surface area contributed by atoms with Crippen LogP contribution in [-0.2, 0) is 5.75 Å². The van der Waals surface area contributed by atoms with Gasteiger partial charge in [-0.15, -0.1) is 10.2 Å². The summed E-state index contributed by atoms with van der Waals surface area (Å²) in [5, 5.41) is 10.3. The molecule has 0 aliphatic carbocycles. The maximum Gasteiger partial charge on any atom is 0.247 e. The van der Waals surface area contributed by atoms with Gasteiger partial charge in [0.25, 0.3) is 0 Å². The van der Waals surface area contributed by atoms with Gasteiger partial charge in [-0.05, 0) is 36.4 Å². The Kier molecular flexibility index (Phi) is 3.99. The van der Waals surface area contributed by atoms with Gasteiger partial charge in [-0.2, -0.15) is 0 Å². The Bertz CT molecular complexity index is 1510. The van der Waals surface area contributed by atoms with Gasteiger partial charge in [0.05, 0.1) is 22.3 Å². The molecular weight excluding hydrogens is 394 g/mol. The minimum absolute atomic E-state index is 0.521. The lowest BCUT2D eigenvalue weighted by atomic mass is 10.2. The number of thioether (sulfide) groups is 1. The molecule has 0 amide bonds. The fourth-order valence-corrected chi connectivity index (χ4v) is 4.39. The molecule has 3 aromatic heterocycles. The lowest BCUT2D eigenvalue weighted by Gasteiger charge is -2.07. The quantitative estimate of drug-likeness (QED) is 0.288. The van der Waals surface area contributed by atoms with E-state index in [0.717, 1.165) is 38.3 Å². The van der Waals surface area contributed by atoms with Crippen LogP contribution in [0.1, 0.15) is 5.89 Å². The third-order valence-electron chi connectivity index (χ3n) is 4.93. The van der Waals surface area contributed by atoms with Crippen molar-refractivity contribution in [3.05, 3.63) is 84.8 Å². The topological polar surface area (TPSA) is 69.1 Å². The molecule has 6 nitrogen and oxygen atoms in total. The third kappa shape index (κ3) is 2.83. The molecule has 0 unspecified atom stereocenters.